The molecule has 196 valence electrons. The van der Waals surface area contributed by atoms with Crippen molar-refractivity contribution in [1.82, 2.24) is 19.9 Å². The Hall–Kier alpha value is -4.23. The average molecular weight is 600 g/mol. The molecular weight excluding hydrogens is 578 g/mol. The summed E-state index contributed by atoms with van der Waals surface area (Å²) in [7, 11) is -2.45. The van der Waals surface area contributed by atoms with Crippen molar-refractivity contribution in [3.05, 3.63) is 88.8 Å². The molecule has 0 aliphatic carbocycles. The van der Waals surface area contributed by atoms with Crippen LogP contribution in [-0.4, -0.2) is 48.7 Å². The Labute approximate surface area is 227 Å². The summed E-state index contributed by atoms with van der Waals surface area (Å²) in [5.74, 6) is 0.722. The predicted octanol–water partition coefficient (Wildman–Crippen LogP) is 4.70. The summed E-state index contributed by atoms with van der Waals surface area (Å²) in [6.45, 7) is 0.121. The van der Waals surface area contributed by atoms with Crippen molar-refractivity contribution in [1.29, 1.82) is 0 Å². The molecule has 0 saturated carbocycles. The first-order valence-electron chi connectivity index (χ1n) is 11.1. The molecule has 0 radical (unpaired) electrons. The number of aromatic nitrogens is 4. The van der Waals surface area contributed by atoms with Crippen LogP contribution in [0.5, 0.6) is 29.1 Å². The first kappa shape index (κ1) is 26.8. The maximum atomic E-state index is 12.8. The normalized spacial score (nSPS) is 11.2. The second-order valence-corrected chi connectivity index (χ2v) is 9.86. The third kappa shape index (κ3) is 7.88. The molecule has 4 aromatic rings. The van der Waals surface area contributed by atoms with E-state index in [0.717, 1.165) is 16.2 Å². The van der Waals surface area contributed by atoms with Gasteiger partial charge in [-0.15, -0.1) is 0 Å². The van der Waals surface area contributed by atoms with Crippen LogP contribution in [0.2, 0.25) is 0 Å². The Morgan fingerprint density at radius 2 is 1.66 bits per heavy atom. The topological polar surface area (TPSA) is 135 Å². The molecule has 0 spiro atoms. The molecule has 0 unspecified atom stereocenters. The summed E-state index contributed by atoms with van der Waals surface area (Å²) < 4.78 is 51.2. The number of benzene rings is 2. The zero-order valence-corrected chi connectivity index (χ0v) is 22.4. The number of nitrogens with zero attached hydrogens (tertiary/aromatic N) is 4. The molecule has 13 heteroatoms. The molecule has 0 atom stereocenters. The Kier molecular flexibility index (Phi) is 9.06. The zero-order valence-electron chi connectivity index (χ0n) is 20.0. The lowest BCUT2D eigenvalue weighted by Crippen LogP contribution is -2.14. The zero-order chi connectivity index (χ0) is 26.8. The molecular formula is C25H22BrN5O6S. The molecule has 0 amide bonds. The summed E-state index contributed by atoms with van der Waals surface area (Å²) in [5.41, 5.74) is 0.715. The van der Waals surface area contributed by atoms with Crippen molar-refractivity contribution >= 4 is 37.8 Å². The fraction of sp³-hybridized carbons (Fsp3) is 0.120. The minimum absolute atomic E-state index is 0.00659. The van der Waals surface area contributed by atoms with Gasteiger partial charge in [0, 0.05) is 18.5 Å². The fourth-order valence-electron chi connectivity index (χ4n) is 2.95. The highest BCUT2D eigenvalue weighted by Crippen LogP contribution is 2.37. The molecule has 2 aromatic heterocycles. The monoisotopic (exact) mass is 599 g/mol. The summed E-state index contributed by atoms with van der Waals surface area (Å²) in [4.78, 5) is 16.2. The van der Waals surface area contributed by atoms with Gasteiger partial charge in [0.1, 0.15) is 31.0 Å². The molecule has 4 rings (SSSR count). The first-order valence-corrected chi connectivity index (χ1v) is 13.4. The molecule has 0 aliphatic rings. The highest BCUT2D eigenvalue weighted by atomic mass is 79.9. The van der Waals surface area contributed by atoms with Crippen LogP contribution >= 0.6 is 15.9 Å². The quantitative estimate of drug-likeness (QED) is 0.228. The van der Waals surface area contributed by atoms with Gasteiger partial charge in [-0.2, -0.15) is 4.98 Å². The minimum atomic E-state index is -3.97. The first-order chi connectivity index (χ1) is 18.4. The van der Waals surface area contributed by atoms with Gasteiger partial charge >= 0.3 is 6.01 Å². The van der Waals surface area contributed by atoms with Crippen molar-refractivity contribution in [2.45, 2.75) is 0 Å². The van der Waals surface area contributed by atoms with Crippen molar-refractivity contribution in [2.24, 2.45) is 0 Å². The van der Waals surface area contributed by atoms with Crippen LogP contribution in [0.3, 0.4) is 0 Å². The summed E-state index contributed by atoms with van der Waals surface area (Å²) >= 11 is 3.26. The number of hydrogen-bond acceptors (Lipinski definition) is 10. The standard InChI is InChI=1S/C25H22BrN5O6S/c1-34-20-8-5-9-21(14-20)37-22-23(31-38(32,33)13-10-18-6-3-2-4-7-18)29-17-30-24(22)35-11-12-36-25-27-15-19(26)16-28-25/h2-10,13-17H,11-12H2,1H3,(H,29,30,31)/b13-10+. The maximum Gasteiger partial charge on any atom is 0.316 e. The minimum Gasteiger partial charge on any atom is -0.497 e. The summed E-state index contributed by atoms with van der Waals surface area (Å²) in [6.07, 6.45) is 5.73. The molecule has 2 aromatic carbocycles. The van der Waals surface area contributed by atoms with Crippen LogP contribution < -0.4 is 23.7 Å². The van der Waals surface area contributed by atoms with E-state index in [-0.39, 0.29) is 36.7 Å². The summed E-state index contributed by atoms with van der Waals surface area (Å²) in [6, 6.07) is 15.9. The van der Waals surface area contributed by atoms with Crippen molar-refractivity contribution in [2.75, 3.05) is 25.0 Å². The number of methoxy groups -OCH3 is 1. The van der Waals surface area contributed by atoms with Gasteiger partial charge in [0.2, 0.25) is 5.75 Å². The average Bonchev–Trinajstić information content (AvgIpc) is 2.93. The van der Waals surface area contributed by atoms with Gasteiger partial charge in [-0.1, -0.05) is 36.4 Å². The van der Waals surface area contributed by atoms with E-state index in [1.54, 1.807) is 60.9 Å². The van der Waals surface area contributed by atoms with Gasteiger partial charge in [-0.25, -0.2) is 23.4 Å². The second-order valence-electron chi connectivity index (χ2n) is 7.38. The SMILES string of the molecule is COc1cccc(Oc2c(NS(=O)(=O)/C=C/c3ccccc3)ncnc2OCCOc2ncc(Br)cn2)c1. The van der Waals surface area contributed by atoms with E-state index in [4.69, 9.17) is 18.9 Å². The van der Waals surface area contributed by atoms with Crippen LogP contribution in [0.4, 0.5) is 5.82 Å². The van der Waals surface area contributed by atoms with Crippen molar-refractivity contribution < 1.29 is 27.4 Å². The lowest BCUT2D eigenvalue weighted by atomic mass is 10.2. The molecule has 38 heavy (non-hydrogen) atoms. The van der Waals surface area contributed by atoms with E-state index in [1.807, 2.05) is 6.07 Å². The smallest absolute Gasteiger partial charge is 0.316 e. The Morgan fingerprint density at radius 1 is 0.921 bits per heavy atom. The third-order valence-electron chi connectivity index (χ3n) is 4.66. The van der Waals surface area contributed by atoms with Gasteiger partial charge in [0.15, 0.2) is 5.82 Å². The number of halogens is 1. The molecule has 2 heterocycles. The van der Waals surface area contributed by atoms with E-state index in [2.05, 4.69) is 40.6 Å². The molecule has 0 saturated heterocycles. The number of anilines is 1. The van der Waals surface area contributed by atoms with E-state index >= 15 is 0 Å². The highest BCUT2D eigenvalue weighted by Gasteiger charge is 2.20. The Bertz CT molecular complexity index is 1490. The van der Waals surface area contributed by atoms with Gasteiger partial charge < -0.3 is 18.9 Å². The van der Waals surface area contributed by atoms with E-state index < -0.39 is 10.0 Å². The lowest BCUT2D eigenvalue weighted by molar-refractivity contribution is 0.197. The van der Waals surface area contributed by atoms with E-state index in [9.17, 15) is 8.42 Å². The van der Waals surface area contributed by atoms with Gasteiger partial charge in [0.25, 0.3) is 15.9 Å². The second kappa shape index (κ2) is 12.8. The number of sulfonamides is 1. The van der Waals surface area contributed by atoms with Crippen molar-refractivity contribution in [3.63, 3.8) is 0 Å². The molecule has 0 fully saturated rings. The van der Waals surface area contributed by atoms with Gasteiger partial charge in [-0.05, 0) is 39.7 Å². The van der Waals surface area contributed by atoms with Crippen LogP contribution in [0.1, 0.15) is 5.56 Å². The fourth-order valence-corrected chi connectivity index (χ4v) is 3.98. The van der Waals surface area contributed by atoms with Crippen LogP contribution in [-0.2, 0) is 10.0 Å². The van der Waals surface area contributed by atoms with Crippen LogP contribution in [0, 0.1) is 0 Å². The number of nitrogens with one attached hydrogen (secondary N) is 1. The van der Waals surface area contributed by atoms with Gasteiger partial charge in [0.05, 0.1) is 17.0 Å². The lowest BCUT2D eigenvalue weighted by Gasteiger charge is -2.15. The van der Waals surface area contributed by atoms with Crippen LogP contribution in [0.15, 0.2) is 83.2 Å². The highest BCUT2D eigenvalue weighted by molar-refractivity contribution is 9.10. The predicted molar refractivity (Wildman–Crippen MR) is 144 cm³/mol. The number of rotatable bonds is 12. The molecule has 1 N–H and O–H groups in total. The van der Waals surface area contributed by atoms with E-state index in [1.165, 1.54) is 13.2 Å². The number of hydrogen-bond donors (Lipinski definition) is 1. The third-order valence-corrected chi connectivity index (χ3v) is 6.04. The van der Waals surface area contributed by atoms with Crippen LogP contribution in [0.25, 0.3) is 6.08 Å². The van der Waals surface area contributed by atoms with E-state index in [0.29, 0.717) is 17.1 Å². The molecule has 0 aliphatic heterocycles. The van der Waals surface area contributed by atoms with Gasteiger partial charge in [-0.3, -0.25) is 4.72 Å². The Morgan fingerprint density at radius 3 is 2.42 bits per heavy atom. The molecule has 11 nitrogen and oxygen atoms in total. The largest absolute Gasteiger partial charge is 0.497 e. The number of ether oxygens (including phenoxy) is 4. The molecule has 0 bridgehead atoms. The summed E-state index contributed by atoms with van der Waals surface area (Å²) in [5, 5.41) is 1.03. The maximum absolute atomic E-state index is 12.8. The van der Waals surface area contributed by atoms with Crippen molar-refractivity contribution in [3.8, 4) is 29.1 Å². The Balaban J connectivity index is 1.55.